The van der Waals surface area contributed by atoms with Crippen molar-refractivity contribution in [2.24, 2.45) is 5.41 Å². The number of nitrogens with zero attached hydrogens (tertiary/aromatic N) is 6. The van der Waals surface area contributed by atoms with Crippen LogP contribution in [0.15, 0.2) is 36.7 Å². The number of carbonyl (C=O) groups excluding carboxylic acids is 1. The molecule has 0 aliphatic carbocycles. The van der Waals surface area contributed by atoms with Crippen molar-refractivity contribution in [2.75, 3.05) is 26.2 Å². The summed E-state index contributed by atoms with van der Waals surface area (Å²) in [5, 5.41) is 11.1. The maximum Gasteiger partial charge on any atom is 0.222 e. The third-order valence-corrected chi connectivity index (χ3v) is 6.17. The van der Waals surface area contributed by atoms with Gasteiger partial charge in [-0.15, -0.1) is 5.10 Å². The van der Waals surface area contributed by atoms with Gasteiger partial charge in [0.25, 0.3) is 0 Å². The quantitative estimate of drug-likeness (QED) is 0.767. The van der Waals surface area contributed by atoms with E-state index in [2.05, 4.69) is 55.7 Å². The molecule has 2 aliphatic rings. The Morgan fingerprint density at radius 2 is 1.89 bits per heavy atom. The fourth-order valence-electron chi connectivity index (χ4n) is 4.87. The lowest BCUT2D eigenvalue weighted by molar-refractivity contribution is -0.136. The Labute approximate surface area is 166 Å². The number of amides is 1. The van der Waals surface area contributed by atoms with Gasteiger partial charge in [-0.2, -0.15) is 0 Å². The van der Waals surface area contributed by atoms with Gasteiger partial charge in [0.15, 0.2) is 0 Å². The fraction of sp³-hybridized carbons (Fsp3) is 0.619. The van der Waals surface area contributed by atoms with E-state index in [1.165, 1.54) is 24.8 Å². The summed E-state index contributed by atoms with van der Waals surface area (Å²) in [5.74, 6) is 0.285. The van der Waals surface area contributed by atoms with Gasteiger partial charge in [-0.05, 0) is 54.6 Å². The highest BCUT2D eigenvalue weighted by Gasteiger charge is 2.40. The Kier molecular flexibility index (Phi) is 6.00. The predicted molar refractivity (Wildman–Crippen MR) is 106 cm³/mol. The van der Waals surface area contributed by atoms with Crippen molar-refractivity contribution in [3.63, 3.8) is 0 Å². The molecule has 0 N–H and O–H groups in total. The van der Waals surface area contributed by atoms with Crippen molar-refractivity contribution in [3.8, 4) is 0 Å². The van der Waals surface area contributed by atoms with Gasteiger partial charge >= 0.3 is 0 Å². The lowest BCUT2D eigenvalue weighted by Crippen LogP contribution is -2.53. The van der Waals surface area contributed by atoms with Crippen molar-refractivity contribution in [3.05, 3.63) is 42.2 Å². The third kappa shape index (κ3) is 4.76. The first-order valence-corrected chi connectivity index (χ1v) is 10.5. The van der Waals surface area contributed by atoms with Crippen LogP contribution in [-0.4, -0.2) is 62.1 Å². The fourth-order valence-corrected chi connectivity index (χ4v) is 4.87. The zero-order chi connectivity index (χ0) is 19.2. The molecule has 2 aliphatic heterocycles. The Morgan fingerprint density at radius 3 is 2.68 bits per heavy atom. The van der Waals surface area contributed by atoms with E-state index in [1.54, 1.807) is 11.0 Å². The first-order chi connectivity index (χ1) is 13.7. The Morgan fingerprint density at radius 1 is 1.07 bits per heavy atom. The van der Waals surface area contributed by atoms with Gasteiger partial charge in [0.05, 0.1) is 0 Å². The summed E-state index contributed by atoms with van der Waals surface area (Å²) < 4.78 is 1.69. The molecule has 1 aromatic carbocycles. The van der Waals surface area contributed by atoms with Gasteiger partial charge in [-0.3, -0.25) is 9.69 Å². The SMILES string of the molecule is O=C(CCCn1cnnn1)N1CCC[C@@]2(CCCN(Cc3ccccc3)C2)C1. The van der Waals surface area contributed by atoms with Crippen LogP contribution in [0.25, 0.3) is 0 Å². The molecule has 7 heteroatoms. The van der Waals surface area contributed by atoms with E-state index >= 15 is 0 Å². The van der Waals surface area contributed by atoms with E-state index in [9.17, 15) is 4.79 Å². The number of aryl methyl sites for hydroxylation is 1. The van der Waals surface area contributed by atoms with Crippen LogP contribution >= 0.6 is 0 Å². The lowest BCUT2D eigenvalue weighted by Gasteiger charge is -2.48. The van der Waals surface area contributed by atoms with Crippen molar-refractivity contribution in [2.45, 2.75) is 51.6 Å². The molecular formula is C21H30N6O. The number of benzene rings is 1. The number of likely N-dealkylation sites (tertiary alicyclic amines) is 2. The topological polar surface area (TPSA) is 67.2 Å². The number of aromatic nitrogens is 4. The molecular weight excluding hydrogens is 352 g/mol. The standard InChI is InChI=1S/C21H30N6O/c28-20(9-4-14-27-18-22-23-24-27)26-13-6-11-21(17-26)10-5-12-25(16-21)15-19-7-2-1-3-8-19/h1-3,7-8,18H,4-6,9-17H2/t21-/m1/s1. The Hall–Kier alpha value is -2.28. The molecule has 7 nitrogen and oxygen atoms in total. The van der Waals surface area contributed by atoms with Crippen LogP contribution in [-0.2, 0) is 17.9 Å². The summed E-state index contributed by atoms with van der Waals surface area (Å²) in [7, 11) is 0. The highest BCUT2D eigenvalue weighted by molar-refractivity contribution is 5.76. The van der Waals surface area contributed by atoms with Crippen LogP contribution < -0.4 is 0 Å². The van der Waals surface area contributed by atoms with Gasteiger partial charge in [0, 0.05) is 44.6 Å². The summed E-state index contributed by atoms with van der Waals surface area (Å²) in [6.45, 7) is 5.81. The normalized spacial score (nSPS) is 23.2. The van der Waals surface area contributed by atoms with Gasteiger partial charge in [-0.1, -0.05) is 30.3 Å². The van der Waals surface area contributed by atoms with Crippen molar-refractivity contribution in [1.29, 1.82) is 0 Å². The molecule has 1 spiro atoms. The zero-order valence-corrected chi connectivity index (χ0v) is 16.5. The minimum atomic E-state index is 0.275. The second kappa shape index (κ2) is 8.82. The van der Waals surface area contributed by atoms with Crippen molar-refractivity contribution in [1.82, 2.24) is 30.0 Å². The van der Waals surface area contributed by atoms with Gasteiger partial charge in [0.2, 0.25) is 5.91 Å². The maximum absolute atomic E-state index is 12.8. The molecule has 0 saturated carbocycles. The monoisotopic (exact) mass is 382 g/mol. The molecule has 3 heterocycles. The maximum atomic E-state index is 12.8. The number of rotatable bonds is 6. The van der Waals surface area contributed by atoms with Crippen LogP contribution in [0.3, 0.4) is 0 Å². The molecule has 150 valence electrons. The second-order valence-corrected chi connectivity index (χ2v) is 8.40. The first-order valence-electron chi connectivity index (χ1n) is 10.5. The number of carbonyl (C=O) groups is 1. The molecule has 0 unspecified atom stereocenters. The lowest BCUT2D eigenvalue weighted by atomic mass is 9.73. The second-order valence-electron chi connectivity index (χ2n) is 8.40. The van der Waals surface area contributed by atoms with Crippen LogP contribution in [0.2, 0.25) is 0 Å². The van der Waals surface area contributed by atoms with Crippen LogP contribution in [0, 0.1) is 5.41 Å². The summed E-state index contributed by atoms with van der Waals surface area (Å²) in [6.07, 6.45) is 7.80. The average molecular weight is 383 g/mol. The van der Waals surface area contributed by atoms with E-state index in [-0.39, 0.29) is 11.3 Å². The summed E-state index contributed by atoms with van der Waals surface area (Å²) in [5.41, 5.74) is 1.66. The van der Waals surface area contributed by atoms with E-state index < -0.39 is 0 Å². The average Bonchev–Trinajstić information content (AvgIpc) is 3.22. The number of tetrazole rings is 1. The molecule has 28 heavy (non-hydrogen) atoms. The molecule has 0 radical (unpaired) electrons. The number of hydrogen-bond acceptors (Lipinski definition) is 5. The van der Waals surface area contributed by atoms with Gasteiger partial charge < -0.3 is 4.90 Å². The molecule has 4 rings (SSSR count). The molecule has 1 aromatic heterocycles. The zero-order valence-electron chi connectivity index (χ0n) is 16.5. The molecule has 1 atom stereocenters. The molecule has 0 bridgehead atoms. The predicted octanol–water partition coefficient (Wildman–Crippen LogP) is 2.36. The molecule has 2 fully saturated rings. The highest BCUT2D eigenvalue weighted by Crippen LogP contribution is 2.39. The van der Waals surface area contributed by atoms with E-state index in [1.807, 2.05) is 0 Å². The third-order valence-electron chi connectivity index (χ3n) is 6.17. The van der Waals surface area contributed by atoms with E-state index in [0.717, 1.165) is 45.6 Å². The van der Waals surface area contributed by atoms with Gasteiger partial charge in [-0.25, -0.2) is 4.68 Å². The van der Waals surface area contributed by atoms with Crippen molar-refractivity contribution >= 4 is 5.91 Å². The summed E-state index contributed by atoms with van der Waals surface area (Å²) >= 11 is 0. The Bertz CT molecular complexity index is 746. The highest BCUT2D eigenvalue weighted by atomic mass is 16.2. The molecule has 2 saturated heterocycles. The van der Waals surface area contributed by atoms with Gasteiger partial charge in [0.1, 0.15) is 6.33 Å². The summed E-state index contributed by atoms with van der Waals surface area (Å²) in [6, 6.07) is 10.7. The van der Waals surface area contributed by atoms with E-state index in [0.29, 0.717) is 13.0 Å². The largest absolute Gasteiger partial charge is 0.342 e. The minimum absolute atomic E-state index is 0.275. The smallest absolute Gasteiger partial charge is 0.222 e. The number of hydrogen-bond donors (Lipinski definition) is 0. The molecule has 2 aromatic rings. The van der Waals surface area contributed by atoms with E-state index in [4.69, 9.17) is 0 Å². The number of piperidine rings is 2. The van der Waals surface area contributed by atoms with Crippen molar-refractivity contribution < 1.29 is 4.79 Å². The van der Waals surface area contributed by atoms with Crippen LogP contribution in [0.4, 0.5) is 0 Å². The first kappa shape index (κ1) is 19.1. The minimum Gasteiger partial charge on any atom is -0.342 e. The Balaban J connectivity index is 1.30. The van der Waals surface area contributed by atoms with Crippen LogP contribution in [0.5, 0.6) is 0 Å². The molecule has 1 amide bonds. The summed E-state index contributed by atoms with van der Waals surface area (Å²) in [4.78, 5) is 17.5. The van der Waals surface area contributed by atoms with Crippen LogP contribution in [0.1, 0.15) is 44.1 Å².